The molecule has 2 aromatic rings. The van der Waals surface area contributed by atoms with Gasteiger partial charge in [0.15, 0.2) is 0 Å². The second-order valence-corrected chi connectivity index (χ2v) is 6.98. The fourth-order valence-corrected chi connectivity index (χ4v) is 3.68. The summed E-state index contributed by atoms with van der Waals surface area (Å²) >= 11 is 4.35. The molecule has 0 radical (unpaired) electrons. The van der Waals surface area contributed by atoms with Crippen molar-refractivity contribution in [2.24, 2.45) is 5.73 Å². The summed E-state index contributed by atoms with van der Waals surface area (Å²) in [6, 6.07) is 11.0. The standard InChI is InChI=1S/C19H28N4S/c1-2-3-9-17-19-21-12-18(15-7-5-4-6-8-15)23(19)11-10-22(17)13-16(20)14-24/h4-8,12,16-17,24H,2-3,9-11,13-14,20H2,1H3/t16-,17?/m1/s1. The number of unbranched alkanes of at least 4 members (excludes halogenated alkanes) is 1. The highest BCUT2D eigenvalue weighted by Crippen LogP contribution is 2.33. The highest BCUT2D eigenvalue weighted by Gasteiger charge is 2.30. The van der Waals surface area contributed by atoms with E-state index < -0.39 is 0 Å². The first-order valence-electron chi connectivity index (χ1n) is 8.96. The van der Waals surface area contributed by atoms with Crippen LogP contribution in [0.5, 0.6) is 0 Å². The SMILES string of the molecule is CCCCC1c2ncc(-c3ccccc3)n2CCN1C[C@@H](N)CS. The van der Waals surface area contributed by atoms with Gasteiger partial charge >= 0.3 is 0 Å². The van der Waals surface area contributed by atoms with Crippen molar-refractivity contribution in [3.63, 3.8) is 0 Å². The summed E-state index contributed by atoms with van der Waals surface area (Å²) in [6.45, 7) is 5.14. The third kappa shape index (κ3) is 3.68. The molecule has 0 spiro atoms. The first-order chi connectivity index (χ1) is 11.7. The Hall–Kier alpha value is -1.30. The van der Waals surface area contributed by atoms with Crippen LogP contribution in [0.3, 0.4) is 0 Å². The number of thiol groups is 1. The van der Waals surface area contributed by atoms with E-state index in [1.165, 1.54) is 29.9 Å². The zero-order valence-electron chi connectivity index (χ0n) is 14.4. The van der Waals surface area contributed by atoms with Gasteiger partial charge in [0.25, 0.3) is 0 Å². The van der Waals surface area contributed by atoms with Gasteiger partial charge in [0.05, 0.1) is 17.9 Å². The fraction of sp³-hybridized carbons (Fsp3) is 0.526. The molecule has 0 aliphatic carbocycles. The van der Waals surface area contributed by atoms with Gasteiger partial charge in [-0.1, -0.05) is 50.1 Å². The maximum absolute atomic E-state index is 6.17. The first-order valence-corrected chi connectivity index (χ1v) is 9.59. The second kappa shape index (κ2) is 8.19. The van der Waals surface area contributed by atoms with Crippen molar-refractivity contribution in [1.82, 2.24) is 14.5 Å². The van der Waals surface area contributed by atoms with Crippen molar-refractivity contribution in [3.8, 4) is 11.3 Å². The monoisotopic (exact) mass is 344 g/mol. The van der Waals surface area contributed by atoms with E-state index in [0.29, 0.717) is 6.04 Å². The highest BCUT2D eigenvalue weighted by atomic mass is 32.1. The zero-order valence-corrected chi connectivity index (χ0v) is 15.3. The van der Waals surface area contributed by atoms with Crippen molar-refractivity contribution < 1.29 is 0 Å². The van der Waals surface area contributed by atoms with E-state index >= 15 is 0 Å². The van der Waals surface area contributed by atoms with Crippen LogP contribution in [0, 0.1) is 0 Å². The average molecular weight is 345 g/mol. The zero-order chi connectivity index (χ0) is 16.9. The van der Waals surface area contributed by atoms with E-state index in [0.717, 1.165) is 31.8 Å². The summed E-state index contributed by atoms with van der Waals surface area (Å²) in [5.41, 5.74) is 8.63. The molecule has 0 saturated heterocycles. The molecule has 1 aliphatic heterocycles. The van der Waals surface area contributed by atoms with Gasteiger partial charge in [-0.15, -0.1) is 0 Å². The molecule has 0 bridgehead atoms. The molecule has 1 unspecified atom stereocenters. The highest BCUT2D eigenvalue weighted by molar-refractivity contribution is 7.80. The minimum Gasteiger partial charge on any atom is -0.326 e. The molecule has 0 saturated carbocycles. The van der Waals surface area contributed by atoms with Gasteiger partial charge in [-0.2, -0.15) is 12.6 Å². The molecular formula is C19H28N4S. The van der Waals surface area contributed by atoms with Gasteiger partial charge in [0, 0.05) is 31.4 Å². The third-order valence-electron chi connectivity index (χ3n) is 4.84. The molecular weight excluding hydrogens is 316 g/mol. The molecule has 2 N–H and O–H groups in total. The summed E-state index contributed by atoms with van der Waals surface area (Å²) in [5.74, 6) is 1.92. The second-order valence-electron chi connectivity index (χ2n) is 6.61. The van der Waals surface area contributed by atoms with Crippen molar-refractivity contribution in [2.45, 2.75) is 44.8 Å². The van der Waals surface area contributed by atoms with Crippen molar-refractivity contribution in [3.05, 3.63) is 42.4 Å². The predicted octanol–water partition coefficient (Wildman–Crippen LogP) is 3.35. The molecule has 1 aromatic heterocycles. The van der Waals surface area contributed by atoms with Crippen molar-refractivity contribution in [2.75, 3.05) is 18.8 Å². The maximum Gasteiger partial charge on any atom is 0.126 e. The largest absolute Gasteiger partial charge is 0.326 e. The Labute approximate surface area is 150 Å². The van der Waals surface area contributed by atoms with E-state index in [4.69, 9.17) is 10.7 Å². The van der Waals surface area contributed by atoms with Gasteiger partial charge in [-0.25, -0.2) is 4.98 Å². The summed E-state index contributed by atoms with van der Waals surface area (Å²) in [7, 11) is 0. The number of imidazole rings is 1. The topological polar surface area (TPSA) is 47.1 Å². The number of hydrogen-bond acceptors (Lipinski definition) is 4. The molecule has 4 nitrogen and oxygen atoms in total. The lowest BCUT2D eigenvalue weighted by Crippen LogP contribution is -2.45. The van der Waals surface area contributed by atoms with Crippen LogP contribution in [0.1, 0.15) is 38.1 Å². The Morgan fingerprint density at radius 3 is 2.79 bits per heavy atom. The molecule has 0 amide bonds. The average Bonchev–Trinajstić information content (AvgIpc) is 3.05. The van der Waals surface area contributed by atoms with Crippen LogP contribution in [-0.2, 0) is 6.54 Å². The van der Waals surface area contributed by atoms with Crippen LogP contribution in [0.2, 0.25) is 0 Å². The Morgan fingerprint density at radius 2 is 2.08 bits per heavy atom. The molecule has 1 aliphatic rings. The van der Waals surface area contributed by atoms with Crippen LogP contribution < -0.4 is 5.73 Å². The maximum atomic E-state index is 6.17. The van der Waals surface area contributed by atoms with E-state index in [1.807, 2.05) is 6.20 Å². The lowest BCUT2D eigenvalue weighted by Gasteiger charge is -2.37. The number of hydrogen-bond donors (Lipinski definition) is 2. The molecule has 0 fully saturated rings. The first kappa shape index (κ1) is 17.5. The lowest BCUT2D eigenvalue weighted by molar-refractivity contribution is 0.137. The number of nitrogens with two attached hydrogens (primary N) is 1. The summed E-state index contributed by atoms with van der Waals surface area (Å²) < 4.78 is 2.40. The van der Waals surface area contributed by atoms with E-state index in [-0.39, 0.29) is 6.04 Å². The number of benzene rings is 1. The lowest BCUT2D eigenvalue weighted by atomic mass is 10.0. The van der Waals surface area contributed by atoms with E-state index in [9.17, 15) is 0 Å². The summed E-state index contributed by atoms with van der Waals surface area (Å²) in [6.07, 6.45) is 5.59. The molecule has 3 rings (SSSR count). The normalized spacial score (nSPS) is 19.2. The molecule has 130 valence electrons. The van der Waals surface area contributed by atoms with E-state index in [1.54, 1.807) is 0 Å². The third-order valence-corrected chi connectivity index (χ3v) is 5.31. The molecule has 5 heteroatoms. The molecule has 2 atom stereocenters. The minimum absolute atomic E-state index is 0.118. The minimum atomic E-state index is 0.118. The smallest absolute Gasteiger partial charge is 0.126 e. The fourth-order valence-electron chi connectivity index (χ4n) is 3.56. The molecule has 2 heterocycles. The Kier molecular flexibility index (Phi) is 5.98. The van der Waals surface area contributed by atoms with Crippen LogP contribution in [0.25, 0.3) is 11.3 Å². The van der Waals surface area contributed by atoms with E-state index in [2.05, 4.69) is 59.4 Å². The number of rotatable bonds is 7. The number of aromatic nitrogens is 2. The summed E-state index contributed by atoms with van der Waals surface area (Å²) in [4.78, 5) is 7.32. The van der Waals surface area contributed by atoms with Crippen molar-refractivity contribution >= 4 is 12.6 Å². The Bertz CT molecular complexity index is 640. The van der Waals surface area contributed by atoms with Crippen LogP contribution in [-0.4, -0.2) is 39.3 Å². The summed E-state index contributed by atoms with van der Waals surface area (Å²) in [5, 5.41) is 0. The quantitative estimate of drug-likeness (QED) is 0.757. The van der Waals surface area contributed by atoms with Gasteiger partial charge in [0.1, 0.15) is 5.82 Å². The van der Waals surface area contributed by atoms with Gasteiger partial charge < -0.3 is 10.3 Å². The number of nitrogens with zero attached hydrogens (tertiary/aromatic N) is 3. The molecule has 1 aromatic carbocycles. The Morgan fingerprint density at radius 1 is 1.29 bits per heavy atom. The van der Waals surface area contributed by atoms with Gasteiger partial charge in [-0.05, 0) is 12.0 Å². The van der Waals surface area contributed by atoms with Gasteiger partial charge in [0.2, 0.25) is 0 Å². The number of fused-ring (bicyclic) bond motifs is 1. The van der Waals surface area contributed by atoms with Crippen LogP contribution >= 0.6 is 12.6 Å². The van der Waals surface area contributed by atoms with Crippen LogP contribution in [0.15, 0.2) is 36.5 Å². The Balaban J connectivity index is 1.89. The van der Waals surface area contributed by atoms with Crippen LogP contribution in [0.4, 0.5) is 0 Å². The van der Waals surface area contributed by atoms with Crippen molar-refractivity contribution in [1.29, 1.82) is 0 Å². The molecule has 24 heavy (non-hydrogen) atoms. The van der Waals surface area contributed by atoms with Gasteiger partial charge in [-0.3, -0.25) is 4.90 Å². The predicted molar refractivity (Wildman–Crippen MR) is 103 cm³/mol.